The highest BCUT2D eigenvalue weighted by atomic mass is 16.5. The van der Waals surface area contributed by atoms with Crippen LogP contribution in [0.25, 0.3) is 67.5 Å². The van der Waals surface area contributed by atoms with Gasteiger partial charge in [-0.15, -0.1) is 0 Å². The molecule has 0 radical (unpaired) electrons. The van der Waals surface area contributed by atoms with Crippen LogP contribution in [-0.4, -0.2) is 15.0 Å². The number of rotatable bonds is 6. The standard InChI is InChI=1S/C61H43N3O/c1-60(2)49-22-9-10-23-50(49)61(52-24-11-13-26-55(52)65-56-27-14-12-25-53(56)61)51-37-36-47(39-54(51)60)46-20-15-21-48(38-46)59-63-57(44-32-28-42(29-33-44)40-16-5-3-6-17-40)62-58(64-59)45-34-30-43(31-35-45)41-18-7-4-8-19-41/h3-39H,1-2H3. The summed E-state index contributed by atoms with van der Waals surface area (Å²) in [6.07, 6.45) is 0. The van der Waals surface area contributed by atoms with Gasteiger partial charge in [0, 0.05) is 33.2 Å². The van der Waals surface area contributed by atoms with E-state index in [-0.39, 0.29) is 5.41 Å². The first-order valence-corrected chi connectivity index (χ1v) is 22.3. The number of hydrogen-bond donors (Lipinski definition) is 0. The highest BCUT2D eigenvalue weighted by molar-refractivity contribution is 5.80. The summed E-state index contributed by atoms with van der Waals surface area (Å²) in [5, 5.41) is 0. The zero-order chi connectivity index (χ0) is 43.5. The Bertz CT molecular complexity index is 3270. The molecule has 2 heterocycles. The first-order chi connectivity index (χ1) is 31.9. The zero-order valence-electron chi connectivity index (χ0n) is 36.1. The molecule has 308 valence electrons. The van der Waals surface area contributed by atoms with Gasteiger partial charge in [0.15, 0.2) is 17.5 Å². The molecule has 1 aliphatic carbocycles. The molecule has 0 unspecified atom stereocenters. The minimum absolute atomic E-state index is 0.295. The quantitative estimate of drug-likeness (QED) is 0.167. The van der Waals surface area contributed by atoms with E-state index in [0.29, 0.717) is 17.5 Å². The van der Waals surface area contributed by atoms with Crippen molar-refractivity contribution in [2.45, 2.75) is 24.7 Å². The number of nitrogens with zero attached hydrogens (tertiary/aromatic N) is 3. The third-order valence-corrected chi connectivity index (χ3v) is 13.5. The molecule has 0 N–H and O–H groups in total. The number of ether oxygens (including phenoxy) is 1. The number of benzene rings is 9. The van der Waals surface area contributed by atoms with Gasteiger partial charge in [-0.05, 0) is 79.9 Å². The molecule has 1 spiro atoms. The summed E-state index contributed by atoms with van der Waals surface area (Å²) in [5.41, 5.74) is 16.2. The molecule has 0 amide bonds. The fourth-order valence-corrected chi connectivity index (χ4v) is 10.3. The zero-order valence-corrected chi connectivity index (χ0v) is 36.1. The van der Waals surface area contributed by atoms with Crippen LogP contribution >= 0.6 is 0 Å². The molecule has 0 fully saturated rings. The lowest BCUT2D eigenvalue weighted by atomic mass is 9.53. The number of aromatic nitrogens is 3. The molecular formula is C61H43N3O. The molecule has 9 aromatic carbocycles. The van der Waals surface area contributed by atoms with E-state index >= 15 is 0 Å². The van der Waals surface area contributed by atoms with Gasteiger partial charge >= 0.3 is 0 Å². The van der Waals surface area contributed by atoms with Gasteiger partial charge in [-0.1, -0.05) is 214 Å². The van der Waals surface area contributed by atoms with Gasteiger partial charge in [-0.2, -0.15) is 0 Å². The van der Waals surface area contributed by atoms with Crippen molar-refractivity contribution in [3.05, 3.63) is 258 Å². The molecule has 65 heavy (non-hydrogen) atoms. The van der Waals surface area contributed by atoms with Crippen molar-refractivity contribution in [2.24, 2.45) is 0 Å². The van der Waals surface area contributed by atoms with Crippen molar-refractivity contribution in [2.75, 3.05) is 0 Å². The molecule has 1 aromatic heterocycles. The number of hydrogen-bond acceptors (Lipinski definition) is 4. The summed E-state index contributed by atoms with van der Waals surface area (Å²) in [4.78, 5) is 15.5. The van der Waals surface area contributed by atoms with Crippen molar-refractivity contribution in [1.82, 2.24) is 15.0 Å². The smallest absolute Gasteiger partial charge is 0.164 e. The van der Waals surface area contributed by atoms with Crippen LogP contribution in [0.4, 0.5) is 0 Å². The Balaban J connectivity index is 0.992. The van der Waals surface area contributed by atoms with Crippen LogP contribution in [0.3, 0.4) is 0 Å². The fourth-order valence-electron chi connectivity index (χ4n) is 10.3. The molecule has 2 aliphatic rings. The highest BCUT2D eigenvalue weighted by Gasteiger charge is 2.52. The average Bonchev–Trinajstić information content (AvgIpc) is 3.38. The summed E-state index contributed by atoms with van der Waals surface area (Å²) in [6, 6.07) is 79.6. The van der Waals surface area contributed by atoms with Crippen LogP contribution in [0.2, 0.25) is 0 Å². The summed E-state index contributed by atoms with van der Waals surface area (Å²) in [6.45, 7) is 4.73. The van der Waals surface area contributed by atoms with Gasteiger partial charge < -0.3 is 4.74 Å². The van der Waals surface area contributed by atoms with E-state index in [1.165, 1.54) is 33.4 Å². The molecule has 0 bridgehead atoms. The van der Waals surface area contributed by atoms with Crippen LogP contribution in [0.15, 0.2) is 224 Å². The van der Waals surface area contributed by atoms with E-state index in [1.807, 2.05) is 12.1 Å². The van der Waals surface area contributed by atoms with Gasteiger partial charge in [0.05, 0.1) is 5.41 Å². The van der Waals surface area contributed by atoms with Crippen molar-refractivity contribution in [3.8, 4) is 79.0 Å². The van der Waals surface area contributed by atoms with Crippen LogP contribution < -0.4 is 4.74 Å². The van der Waals surface area contributed by atoms with Gasteiger partial charge in [0.25, 0.3) is 0 Å². The molecule has 1 aliphatic heterocycles. The van der Waals surface area contributed by atoms with Crippen molar-refractivity contribution in [1.29, 1.82) is 0 Å². The van der Waals surface area contributed by atoms with Gasteiger partial charge in [0.2, 0.25) is 0 Å². The van der Waals surface area contributed by atoms with Crippen LogP contribution in [0, 0.1) is 0 Å². The Morgan fingerprint density at radius 1 is 0.277 bits per heavy atom. The molecule has 4 nitrogen and oxygen atoms in total. The third-order valence-electron chi connectivity index (χ3n) is 13.5. The maximum atomic E-state index is 6.64. The number of fused-ring (bicyclic) bond motifs is 8. The minimum Gasteiger partial charge on any atom is -0.457 e. The second-order valence-corrected chi connectivity index (χ2v) is 17.5. The van der Waals surface area contributed by atoms with E-state index in [4.69, 9.17) is 19.7 Å². The van der Waals surface area contributed by atoms with Gasteiger partial charge in [-0.25, -0.2) is 15.0 Å². The largest absolute Gasteiger partial charge is 0.457 e. The predicted octanol–water partition coefficient (Wildman–Crippen LogP) is 15.0. The molecule has 4 heteroatoms. The van der Waals surface area contributed by atoms with Crippen molar-refractivity contribution < 1.29 is 4.74 Å². The minimum atomic E-state index is -0.566. The third kappa shape index (κ3) is 6.32. The lowest BCUT2D eigenvalue weighted by Gasteiger charge is -2.50. The predicted molar refractivity (Wildman–Crippen MR) is 263 cm³/mol. The fraction of sp³-hybridized carbons (Fsp3) is 0.0656. The molecule has 10 aromatic rings. The summed E-state index contributed by atoms with van der Waals surface area (Å²) in [5.74, 6) is 3.64. The molecule has 12 rings (SSSR count). The highest BCUT2D eigenvalue weighted by Crippen LogP contribution is 2.61. The van der Waals surface area contributed by atoms with E-state index < -0.39 is 5.41 Å². The maximum Gasteiger partial charge on any atom is 0.164 e. The Hall–Kier alpha value is -8.21. The van der Waals surface area contributed by atoms with E-state index in [1.54, 1.807) is 0 Å². The Morgan fingerprint density at radius 2 is 0.646 bits per heavy atom. The lowest BCUT2D eigenvalue weighted by molar-refractivity contribution is 0.425. The van der Waals surface area contributed by atoms with Crippen LogP contribution in [-0.2, 0) is 10.8 Å². The van der Waals surface area contributed by atoms with E-state index in [9.17, 15) is 0 Å². The molecular weight excluding hydrogens is 791 g/mol. The topological polar surface area (TPSA) is 47.9 Å². The molecule has 0 saturated heterocycles. The summed E-state index contributed by atoms with van der Waals surface area (Å²) >= 11 is 0. The van der Waals surface area contributed by atoms with Crippen molar-refractivity contribution in [3.63, 3.8) is 0 Å². The van der Waals surface area contributed by atoms with E-state index in [0.717, 1.165) is 61.6 Å². The van der Waals surface area contributed by atoms with Crippen molar-refractivity contribution >= 4 is 0 Å². The first kappa shape index (κ1) is 38.5. The Labute approximate surface area is 379 Å². The monoisotopic (exact) mass is 833 g/mol. The average molecular weight is 834 g/mol. The Kier molecular flexibility index (Phi) is 9.03. The second-order valence-electron chi connectivity index (χ2n) is 17.5. The second kappa shape index (κ2) is 15.3. The van der Waals surface area contributed by atoms with Crippen LogP contribution in [0.1, 0.15) is 47.2 Å². The Morgan fingerprint density at radius 3 is 1.20 bits per heavy atom. The summed E-state index contributed by atoms with van der Waals surface area (Å²) in [7, 11) is 0. The normalized spacial score (nSPS) is 13.8. The van der Waals surface area contributed by atoms with E-state index in [2.05, 4.69) is 226 Å². The van der Waals surface area contributed by atoms with Gasteiger partial charge in [0.1, 0.15) is 11.5 Å². The summed E-state index contributed by atoms with van der Waals surface area (Å²) < 4.78 is 6.64. The molecule has 0 atom stereocenters. The van der Waals surface area contributed by atoms with Gasteiger partial charge in [-0.3, -0.25) is 0 Å². The lowest BCUT2D eigenvalue weighted by Crippen LogP contribution is -2.43. The first-order valence-electron chi connectivity index (χ1n) is 22.3. The number of para-hydroxylation sites is 2. The molecule has 0 saturated carbocycles. The van der Waals surface area contributed by atoms with Crippen LogP contribution in [0.5, 0.6) is 11.5 Å². The maximum absolute atomic E-state index is 6.64. The SMILES string of the molecule is CC1(C)c2ccccc2C2(c3ccccc3Oc3ccccc32)c2ccc(-c3cccc(-c4nc(-c5ccc(-c6ccccc6)cc5)nc(-c5ccc(-c6ccccc6)cc5)n4)c3)cc21.